The lowest BCUT2D eigenvalue weighted by Crippen LogP contribution is -2.24. The largest absolute Gasteiger partial charge is 0.326 e. The highest BCUT2D eigenvalue weighted by atomic mass is 16.2. The summed E-state index contributed by atoms with van der Waals surface area (Å²) < 4.78 is 0. The number of nitrogens with zero attached hydrogens (tertiary/aromatic N) is 1. The van der Waals surface area contributed by atoms with E-state index < -0.39 is 0 Å². The van der Waals surface area contributed by atoms with E-state index >= 15 is 0 Å². The molecule has 5 heteroatoms. The average Bonchev–Trinajstić information content (AvgIpc) is 2.74. The first-order valence-electron chi connectivity index (χ1n) is 7.28. The van der Waals surface area contributed by atoms with Gasteiger partial charge in [-0.3, -0.25) is 19.3 Å². The van der Waals surface area contributed by atoms with Gasteiger partial charge in [-0.15, -0.1) is 0 Å². The molecule has 2 aromatic rings. The van der Waals surface area contributed by atoms with E-state index in [2.05, 4.69) is 5.32 Å². The van der Waals surface area contributed by atoms with Gasteiger partial charge in [0.2, 0.25) is 5.91 Å². The summed E-state index contributed by atoms with van der Waals surface area (Å²) in [5.74, 6) is -0.827. The Balaban J connectivity index is 1.77. The van der Waals surface area contributed by atoms with Crippen LogP contribution in [0.3, 0.4) is 0 Å². The van der Waals surface area contributed by atoms with Crippen molar-refractivity contribution in [2.24, 2.45) is 0 Å². The summed E-state index contributed by atoms with van der Waals surface area (Å²) in [5.41, 5.74) is 3.22. The number of carbonyl (C=O) groups is 3. The fraction of sp³-hybridized carbons (Fsp3) is 0.167. The molecule has 0 fully saturated rings. The SMILES string of the molecule is Cc1ccccc1CC(=O)Nc1ccc2c(c1)C(=O)N(C)C2=O. The van der Waals surface area contributed by atoms with Crippen molar-refractivity contribution in [3.05, 3.63) is 64.7 Å². The van der Waals surface area contributed by atoms with Crippen LogP contribution in [-0.4, -0.2) is 29.7 Å². The summed E-state index contributed by atoms with van der Waals surface area (Å²) in [5, 5.41) is 2.78. The van der Waals surface area contributed by atoms with E-state index in [4.69, 9.17) is 0 Å². The molecule has 0 saturated carbocycles. The number of hydrogen-bond donors (Lipinski definition) is 1. The van der Waals surface area contributed by atoms with Crippen molar-refractivity contribution in [3.63, 3.8) is 0 Å². The first-order chi connectivity index (χ1) is 11.0. The van der Waals surface area contributed by atoms with Crippen molar-refractivity contribution in [3.8, 4) is 0 Å². The lowest BCUT2D eigenvalue weighted by Gasteiger charge is -2.08. The van der Waals surface area contributed by atoms with Crippen molar-refractivity contribution in [2.45, 2.75) is 13.3 Å². The second-order valence-corrected chi connectivity index (χ2v) is 5.58. The molecule has 1 aliphatic rings. The van der Waals surface area contributed by atoms with Crippen LogP contribution in [-0.2, 0) is 11.2 Å². The minimum absolute atomic E-state index is 0.163. The molecule has 3 amide bonds. The van der Waals surface area contributed by atoms with Gasteiger partial charge >= 0.3 is 0 Å². The third kappa shape index (κ3) is 2.73. The normalized spacial score (nSPS) is 13.2. The summed E-state index contributed by atoms with van der Waals surface area (Å²) in [4.78, 5) is 37.1. The van der Waals surface area contributed by atoms with E-state index in [-0.39, 0.29) is 24.1 Å². The van der Waals surface area contributed by atoms with Crippen molar-refractivity contribution in [1.29, 1.82) is 0 Å². The molecule has 1 heterocycles. The number of rotatable bonds is 3. The molecule has 1 N–H and O–H groups in total. The van der Waals surface area contributed by atoms with Gasteiger partial charge in [-0.1, -0.05) is 24.3 Å². The maximum Gasteiger partial charge on any atom is 0.261 e. The number of aryl methyl sites for hydroxylation is 1. The highest BCUT2D eigenvalue weighted by Gasteiger charge is 2.32. The van der Waals surface area contributed by atoms with Crippen LogP contribution in [0.25, 0.3) is 0 Å². The van der Waals surface area contributed by atoms with E-state index in [0.717, 1.165) is 16.0 Å². The predicted octanol–water partition coefficient (Wildman–Crippen LogP) is 2.40. The van der Waals surface area contributed by atoms with Crippen LogP contribution < -0.4 is 5.32 Å². The Kier molecular flexibility index (Phi) is 3.70. The highest BCUT2D eigenvalue weighted by Crippen LogP contribution is 2.24. The molecule has 0 radical (unpaired) electrons. The average molecular weight is 308 g/mol. The van der Waals surface area contributed by atoms with Gasteiger partial charge in [0.15, 0.2) is 0 Å². The number of carbonyl (C=O) groups excluding carboxylic acids is 3. The third-order valence-electron chi connectivity index (χ3n) is 3.99. The summed E-state index contributed by atoms with van der Waals surface area (Å²) in [6.07, 6.45) is 0.260. The fourth-order valence-corrected chi connectivity index (χ4v) is 2.63. The van der Waals surface area contributed by atoms with Crippen molar-refractivity contribution in [1.82, 2.24) is 4.90 Å². The molecule has 0 aromatic heterocycles. The Hall–Kier alpha value is -2.95. The van der Waals surface area contributed by atoms with Gasteiger partial charge in [0.25, 0.3) is 11.8 Å². The number of hydrogen-bond acceptors (Lipinski definition) is 3. The van der Waals surface area contributed by atoms with Gasteiger partial charge in [-0.25, -0.2) is 0 Å². The van der Waals surface area contributed by atoms with Crippen LogP contribution in [0, 0.1) is 6.92 Å². The van der Waals surface area contributed by atoms with Crippen LogP contribution in [0.5, 0.6) is 0 Å². The smallest absolute Gasteiger partial charge is 0.261 e. The van der Waals surface area contributed by atoms with Crippen LogP contribution in [0.1, 0.15) is 31.8 Å². The van der Waals surface area contributed by atoms with E-state index in [0.29, 0.717) is 16.8 Å². The summed E-state index contributed by atoms with van der Waals surface area (Å²) in [6.45, 7) is 1.96. The fourth-order valence-electron chi connectivity index (χ4n) is 2.63. The standard InChI is InChI=1S/C18H16N2O3/c1-11-5-3-4-6-12(11)9-16(21)19-13-7-8-14-15(10-13)18(23)20(2)17(14)22/h3-8,10H,9H2,1-2H3,(H,19,21). The number of nitrogens with one attached hydrogen (secondary N) is 1. The Morgan fingerprint density at radius 1 is 1.04 bits per heavy atom. The second-order valence-electron chi connectivity index (χ2n) is 5.58. The molecule has 0 spiro atoms. The maximum absolute atomic E-state index is 12.2. The molecule has 23 heavy (non-hydrogen) atoms. The minimum atomic E-state index is -0.347. The molecule has 0 saturated heterocycles. The summed E-state index contributed by atoms with van der Waals surface area (Å²) >= 11 is 0. The van der Waals surface area contributed by atoms with Crippen LogP contribution in [0.2, 0.25) is 0 Å². The lowest BCUT2D eigenvalue weighted by atomic mass is 10.1. The van der Waals surface area contributed by atoms with E-state index in [1.54, 1.807) is 18.2 Å². The van der Waals surface area contributed by atoms with Gasteiger partial charge in [-0.05, 0) is 36.2 Å². The number of anilines is 1. The summed E-state index contributed by atoms with van der Waals surface area (Å²) in [7, 11) is 1.45. The first kappa shape index (κ1) is 15.0. The number of benzene rings is 2. The van der Waals surface area contributed by atoms with Gasteiger partial charge < -0.3 is 5.32 Å². The number of amides is 3. The molecule has 1 aliphatic heterocycles. The zero-order valence-electron chi connectivity index (χ0n) is 12.9. The minimum Gasteiger partial charge on any atom is -0.326 e. The van der Waals surface area contributed by atoms with Crippen LogP contribution >= 0.6 is 0 Å². The second kappa shape index (κ2) is 5.68. The predicted molar refractivity (Wildman–Crippen MR) is 86.4 cm³/mol. The Morgan fingerprint density at radius 3 is 2.48 bits per heavy atom. The molecule has 0 aliphatic carbocycles. The molecule has 0 bridgehead atoms. The molecule has 0 atom stereocenters. The van der Waals surface area contributed by atoms with Gasteiger partial charge in [0.1, 0.15) is 0 Å². The number of imide groups is 1. The van der Waals surface area contributed by atoms with E-state index in [9.17, 15) is 14.4 Å². The van der Waals surface area contributed by atoms with Gasteiger partial charge in [0, 0.05) is 12.7 Å². The van der Waals surface area contributed by atoms with E-state index in [1.165, 1.54) is 7.05 Å². The zero-order chi connectivity index (χ0) is 16.6. The zero-order valence-corrected chi connectivity index (χ0v) is 12.9. The van der Waals surface area contributed by atoms with Crippen LogP contribution in [0.4, 0.5) is 5.69 Å². The monoisotopic (exact) mass is 308 g/mol. The Labute approximate surface area is 133 Å². The summed E-state index contributed by atoms with van der Waals surface area (Å²) in [6, 6.07) is 12.4. The Bertz CT molecular complexity index is 827. The molecule has 2 aromatic carbocycles. The molecular weight excluding hydrogens is 292 g/mol. The van der Waals surface area contributed by atoms with Gasteiger partial charge in [0.05, 0.1) is 17.5 Å². The van der Waals surface area contributed by atoms with Gasteiger partial charge in [-0.2, -0.15) is 0 Å². The van der Waals surface area contributed by atoms with Crippen LogP contribution in [0.15, 0.2) is 42.5 Å². The lowest BCUT2D eigenvalue weighted by molar-refractivity contribution is -0.115. The third-order valence-corrected chi connectivity index (χ3v) is 3.99. The topological polar surface area (TPSA) is 66.5 Å². The first-order valence-corrected chi connectivity index (χ1v) is 7.28. The Morgan fingerprint density at radius 2 is 1.74 bits per heavy atom. The molecule has 116 valence electrons. The van der Waals surface area contributed by atoms with Crippen molar-refractivity contribution in [2.75, 3.05) is 12.4 Å². The molecule has 0 unspecified atom stereocenters. The molecular formula is C18H16N2O3. The number of fused-ring (bicyclic) bond motifs is 1. The van der Waals surface area contributed by atoms with Crippen molar-refractivity contribution >= 4 is 23.4 Å². The van der Waals surface area contributed by atoms with E-state index in [1.807, 2.05) is 31.2 Å². The molecule has 3 rings (SSSR count). The van der Waals surface area contributed by atoms with Crippen molar-refractivity contribution < 1.29 is 14.4 Å². The highest BCUT2D eigenvalue weighted by molar-refractivity contribution is 6.21. The quantitative estimate of drug-likeness (QED) is 0.885. The molecule has 5 nitrogen and oxygen atoms in total. The maximum atomic E-state index is 12.2.